The number of ether oxygens (including phenoxy) is 1. The van der Waals surface area contributed by atoms with Gasteiger partial charge in [0.05, 0.1) is 11.5 Å². The third-order valence-corrected chi connectivity index (χ3v) is 6.04. The number of carboxylic acid groups (broad SMARTS) is 1. The Morgan fingerprint density at radius 2 is 2.18 bits per heavy atom. The summed E-state index contributed by atoms with van der Waals surface area (Å²) in [5, 5.41) is 9.54. The van der Waals surface area contributed by atoms with E-state index in [0.717, 1.165) is 22.5 Å². The third-order valence-electron chi connectivity index (χ3n) is 3.92. The van der Waals surface area contributed by atoms with E-state index in [1.807, 2.05) is 0 Å². The molecule has 0 amide bonds. The Labute approximate surface area is 128 Å². The number of aliphatic carboxylic acids is 1. The summed E-state index contributed by atoms with van der Waals surface area (Å²) < 4.78 is 44.8. The second-order valence-electron chi connectivity index (χ2n) is 5.36. The number of hydrogen-bond acceptors (Lipinski definition) is 4. The molecule has 6 nitrogen and oxygen atoms in total. The molecule has 1 aromatic carbocycles. The number of aryl methyl sites for hydroxylation is 1. The van der Waals surface area contributed by atoms with Gasteiger partial charge in [-0.25, -0.2) is 12.8 Å². The molecular weight excluding hydrogens is 313 g/mol. The van der Waals surface area contributed by atoms with Crippen LogP contribution in [0.5, 0.6) is 0 Å². The molecule has 1 aliphatic heterocycles. The van der Waals surface area contributed by atoms with Crippen molar-refractivity contribution in [3.8, 4) is 0 Å². The second-order valence-corrected chi connectivity index (χ2v) is 7.19. The van der Waals surface area contributed by atoms with Crippen molar-refractivity contribution in [2.75, 3.05) is 20.3 Å². The Bertz CT molecular complexity index is 690. The highest BCUT2D eigenvalue weighted by Crippen LogP contribution is 2.36. The van der Waals surface area contributed by atoms with Crippen LogP contribution in [0.1, 0.15) is 18.4 Å². The van der Waals surface area contributed by atoms with Crippen LogP contribution < -0.4 is 0 Å². The first-order valence-electron chi connectivity index (χ1n) is 6.77. The summed E-state index contributed by atoms with van der Waals surface area (Å²) in [7, 11) is -2.72. The van der Waals surface area contributed by atoms with Crippen molar-refractivity contribution < 1.29 is 27.4 Å². The van der Waals surface area contributed by atoms with Crippen LogP contribution >= 0.6 is 0 Å². The molecular formula is C14H18FNO5S. The fraction of sp³-hybridized carbons (Fsp3) is 0.500. The number of carboxylic acids is 1. The lowest BCUT2D eigenvalue weighted by molar-refractivity contribution is -0.150. The number of halogens is 1. The van der Waals surface area contributed by atoms with Crippen LogP contribution in [0.3, 0.4) is 0 Å². The van der Waals surface area contributed by atoms with E-state index in [4.69, 9.17) is 4.74 Å². The zero-order chi connectivity index (χ0) is 16.5. The van der Waals surface area contributed by atoms with Crippen LogP contribution in [0.2, 0.25) is 0 Å². The first-order valence-corrected chi connectivity index (χ1v) is 8.21. The van der Waals surface area contributed by atoms with Gasteiger partial charge in [-0.2, -0.15) is 4.31 Å². The van der Waals surface area contributed by atoms with E-state index >= 15 is 0 Å². The third kappa shape index (κ3) is 2.62. The summed E-state index contributed by atoms with van der Waals surface area (Å²) in [4.78, 5) is 11.6. The number of carbonyl (C=O) groups is 1. The predicted octanol–water partition coefficient (Wildman–Crippen LogP) is 1.39. The maximum Gasteiger partial charge on any atom is 0.327 e. The Balaban J connectivity index is 2.54. The lowest BCUT2D eigenvalue weighted by Gasteiger charge is -2.33. The largest absolute Gasteiger partial charge is 0.480 e. The van der Waals surface area contributed by atoms with E-state index in [0.29, 0.717) is 6.42 Å². The molecule has 0 bridgehead atoms. The molecule has 0 spiro atoms. The van der Waals surface area contributed by atoms with E-state index in [1.165, 1.54) is 14.0 Å². The number of hydrogen-bond donors (Lipinski definition) is 1. The molecule has 0 aromatic heterocycles. The molecule has 122 valence electrons. The van der Waals surface area contributed by atoms with Gasteiger partial charge in [-0.1, -0.05) is 0 Å². The summed E-state index contributed by atoms with van der Waals surface area (Å²) in [6, 6.07) is 3.33. The number of sulfonamides is 1. The van der Waals surface area contributed by atoms with Gasteiger partial charge in [0.25, 0.3) is 0 Å². The Morgan fingerprint density at radius 1 is 1.50 bits per heavy atom. The van der Waals surface area contributed by atoms with E-state index in [2.05, 4.69) is 0 Å². The average Bonchev–Trinajstić information content (AvgIpc) is 2.84. The van der Waals surface area contributed by atoms with Crippen LogP contribution in [-0.2, 0) is 19.6 Å². The molecule has 1 N–H and O–H groups in total. The van der Waals surface area contributed by atoms with Crippen LogP contribution in [0, 0.1) is 12.7 Å². The van der Waals surface area contributed by atoms with Crippen molar-refractivity contribution in [2.24, 2.45) is 0 Å². The summed E-state index contributed by atoms with van der Waals surface area (Å²) >= 11 is 0. The van der Waals surface area contributed by atoms with Crippen molar-refractivity contribution in [2.45, 2.75) is 30.2 Å². The molecule has 1 saturated heterocycles. The highest BCUT2D eigenvalue weighted by molar-refractivity contribution is 7.89. The molecule has 2 rings (SSSR count). The standard InChI is InChI=1S/C14H18FNO5S/c1-10-8-11(15)4-5-12(10)22(19,20)16-7-3-6-14(16,9-21-2)13(17)18/h4-5,8H,3,6-7,9H2,1-2H3,(H,17,18). The van der Waals surface area contributed by atoms with Crippen molar-refractivity contribution in [3.63, 3.8) is 0 Å². The van der Waals surface area contributed by atoms with Crippen LogP contribution in [-0.4, -0.2) is 49.6 Å². The van der Waals surface area contributed by atoms with Gasteiger partial charge in [-0.05, 0) is 43.5 Å². The maximum atomic E-state index is 13.2. The molecule has 0 saturated carbocycles. The van der Waals surface area contributed by atoms with Crippen molar-refractivity contribution in [1.29, 1.82) is 0 Å². The van der Waals surface area contributed by atoms with E-state index in [1.54, 1.807) is 0 Å². The van der Waals surface area contributed by atoms with Gasteiger partial charge in [0.1, 0.15) is 5.82 Å². The maximum absolute atomic E-state index is 13.2. The minimum absolute atomic E-state index is 0.0856. The fourth-order valence-electron chi connectivity index (χ4n) is 2.88. The molecule has 1 atom stereocenters. The number of rotatable bonds is 5. The fourth-order valence-corrected chi connectivity index (χ4v) is 4.88. The molecule has 1 aliphatic rings. The van der Waals surface area contributed by atoms with Crippen molar-refractivity contribution in [1.82, 2.24) is 4.31 Å². The first-order chi connectivity index (χ1) is 10.3. The minimum Gasteiger partial charge on any atom is -0.480 e. The zero-order valence-electron chi connectivity index (χ0n) is 12.4. The Morgan fingerprint density at radius 3 is 2.73 bits per heavy atom. The topological polar surface area (TPSA) is 83.9 Å². The van der Waals surface area contributed by atoms with Crippen LogP contribution in [0.4, 0.5) is 4.39 Å². The highest BCUT2D eigenvalue weighted by Gasteiger charge is 2.53. The summed E-state index contributed by atoms with van der Waals surface area (Å²) in [5.74, 6) is -1.78. The first kappa shape index (κ1) is 16.9. The number of benzene rings is 1. The Hall–Kier alpha value is -1.51. The number of nitrogens with zero attached hydrogens (tertiary/aromatic N) is 1. The molecule has 1 unspecified atom stereocenters. The molecule has 1 fully saturated rings. The van der Waals surface area contributed by atoms with Gasteiger partial charge in [-0.15, -0.1) is 0 Å². The van der Waals surface area contributed by atoms with Gasteiger partial charge in [0.2, 0.25) is 10.0 Å². The smallest absolute Gasteiger partial charge is 0.327 e. The minimum atomic E-state index is -4.06. The van der Waals surface area contributed by atoms with E-state index in [9.17, 15) is 22.7 Å². The second kappa shape index (κ2) is 5.94. The lowest BCUT2D eigenvalue weighted by Crippen LogP contribution is -2.56. The SMILES string of the molecule is COCC1(C(=O)O)CCCN1S(=O)(=O)c1ccc(F)cc1C. The van der Waals surface area contributed by atoms with Gasteiger partial charge >= 0.3 is 5.97 Å². The van der Waals surface area contributed by atoms with Gasteiger partial charge < -0.3 is 9.84 Å². The van der Waals surface area contributed by atoms with Crippen LogP contribution in [0.15, 0.2) is 23.1 Å². The van der Waals surface area contributed by atoms with Gasteiger partial charge in [0.15, 0.2) is 5.54 Å². The lowest BCUT2D eigenvalue weighted by atomic mass is 9.99. The number of methoxy groups -OCH3 is 1. The summed E-state index contributed by atoms with van der Waals surface area (Å²) in [5.41, 5.74) is -1.38. The molecule has 8 heteroatoms. The van der Waals surface area contributed by atoms with Crippen molar-refractivity contribution in [3.05, 3.63) is 29.6 Å². The summed E-state index contributed by atoms with van der Waals surface area (Å²) in [6.07, 6.45) is 0.602. The normalized spacial score (nSPS) is 22.9. The average molecular weight is 331 g/mol. The quantitative estimate of drug-likeness (QED) is 0.881. The zero-order valence-corrected chi connectivity index (χ0v) is 13.2. The van der Waals surface area contributed by atoms with Crippen LogP contribution in [0.25, 0.3) is 0 Å². The van der Waals surface area contributed by atoms with Gasteiger partial charge in [-0.3, -0.25) is 4.79 Å². The summed E-state index contributed by atoms with van der Waals surface area (Å²) in [6.45, 7) is 1.33. The van der Waals surface area contributed by atoms with Gasteiger partial charge in [0, 0.05) is 13.7 Å². The highest BCUT2D eigenvalue weighted by atomic mass is 32.2. The molecule has 0 aliphatic carbocycles. The predicted molar refractivity (Wildman–Crippen MR) is 76.5 cm³/mol. The molecule has 22 heavy (non-hydrogen) atoms. The molecule has 1 heterocycles. The van der Waals surface area contributed by atoms with Crippen molar-refractivity contribution >= 4 is 16.0 Å². The molecule has 0 radical (unpaired) electrons. The Kier molecular flexibility index (Phi) is 4.55. The van der Waals surface area contributed by atoms with E-state index in [-0.39, 0.29) is 30.0 Å². The monoisotopic (exact) mass is 331 g/mol. The molecule has 1 aromatic rings. The van der Waals surface area contributed by atoms with E-state index < -0.39 is 27.3 Å².